The highest BCUT2D eigenvalue weighted by atomic mass is 16.5. The van der Waals surface area contributed by atoms with Gasteiger partial charge in [-0.25, -0.2) is 5.48 Å². The Hall–Kier alpha value is -0.160. The van der Waals surface area contributed by atoms with E-state index in [9.17, 15) is 0 Å². The molecule has 0 radical (unpaired) electrons. The van der Waals surface area contributed by atoms with Crippen LogP contribution in [-0.2, 0) is 0 Å². The Labute approximate surface area is 55.4 Å². The van der Waals surface area contributed by atoms with E-state index in [1.54, 1.807) is 0 Å². The number of rotatable bonds is 5. The minimum absolute atomic E-state index is 0.0833. The van der Waals surface area contributed by atoms with E-state index in [-0.39, 0.29) is 6.04 Å². The summed E-state index contributed by atoms with van der Waals surface area (Å²) in [7, 11) is 0. The van der Waals surface area contributed by atoms with Gasteiger partial charge in [0.1, 0.15) is 0 Å². The van der Waals surface area contributed by atoms with Crippen molar-refractivity contribution in [2.75, 3.05) is 6.54 Å². The molecule has 0 saturated carbocycles. The SMILES string of the molecule is CCCC(CNN)NO. The molecule has 0 aromatic heterocycles. The zero-order valence-corrected chi connectivity index (χ0v) is 5.72. The number of hydrogen-bond donors (Lipinski definition) is 4. The summed E-state index contributed by atoms with van der Waals surface area (Å²) in [5.74, 6) is 5.03. The quantitative estimate of drug-likeness (QED) is 0.304. The lowest BCUT2D eigenvalue weighted by molar-refractivity contribution is 0.120. The smallest absolute Gasteiger partial charge is 0.0458 e. The minimum atomic E-state index is 0.0833. The van der Waals surface area contributed by atoms with Crippen LogP contribution in [0.1, 0.15) is 19.8 Å². The third-order valence-electron chi connectivity index (χ3n) is 1.18. The molecular formula is C5H15N3O. The van der Waals surface area contributed by atoms with E-state index < -0.39 is 0 Å². The number of hydroxylamine groups is 1. The molecule has 0 aromatic rings. The van der Waals surface area contributed by atoms with Crippen LogP contribution in [0.25, 0.3) is 0 Å². The largest absolute Gasteiger partial charge is 0.316 e. The molecule has 0 aromatic carbocycles. The molecular weight excluding hydrogens is 118 g/mol. The van der Waals surface area contributed by atoms with Crippen LogP contribution in [-0.4, -0.2) is 17.8 Å². The second-order valence-corrected chi connectivity index (χ2v) is 2.02. The Morgan fingerprint density at radius 1 is 1.67 bits per heavy atom. The van der Waals surface area contributed by atoms with Crippen molar-refractivity contribution in [3.05, 3.63) is 0 Å². The molecule has 0 rings (SSSR count). The second-order valence-electron chi connectivity index (χ2n) is 2.02. The highest BCUT2D eigenvalue weighted by Gasteiger charge is 2.01. The zero-order valence-electron chi connectivity index (χ0n) is 5.72. The van der Waals surface area contributed by atoms with Crippen molar-refractivity contribution in [2.45, 2.75) is 25.8 Å². The molecule has 0 amide bonds. The van der Waals surface area contributed by atoms with Crippen LogP contribution in [0.15, 0.2) is 0 Å². The molecule has 4 heteroatoms. The van der Waals surface area contributed by atoms with E-state index in [2.05, 4.69) is 17.8 Å². The molecule has 0 aliphatic carbocycles. The fourth-order valence-corrected chi connectivity index (χ4v) is 0.703. The van der Waals surface area contributed by atoms with Crippen molar-refractivity contribution in [2.24, 2.45) is 5.84 Å². The molecule has 0 aliphatic heterocycles. The normalized spacial score (nSPS) is 13.7. The van der Waals surface area contributed by atoms with Gasteiger partial charge in [-0.3, -0.25) is 11.3 Å². The van der Waals surface area contributed by atoms with E-state index in [4.69, 9.17) is 11.0 Å². The highest BCUT2D eigenvalue weighted by Crippen LogP contribution is 1.92. The Balaban J connectivity index is 3.18. The van der Waals surface area contributed by atoms with E-state index in [0.29, 0.717) is 6.54 Å². The van der Waals surface area contributed by atoms with Gasteiger partial charge in [-0.1, -0.05) is 13.3 Å². The van der Waals surface area contributed by atoms with Crippen molar-refractivity contribution in [3.8, 4) is 0 Å². The topological polar surface area (TPSA) is 70.3 Å². The Morgan fingerprint density at radius 2 is 2.33 bits per heavy atom. The van der Waals surface area contributed by atoms with Crippen LogP contribution in [0.2, 0.25) is 0 Å². The summed E-state index contributed by atoms with van der Waals surface area (Å²) >= 11 is 0. The van der Waals surface area contributed by atoms with Crippen LogP contribution >= 0.6 is 0 Å². The third kappa shape index (κ3) is 4.35. The lowest BCUT2D eigenvalue weighted by atomic mass is 10.2. The maximum absolute atomic E-state index is 8.44. The van der Waals surface area contributed by atoms with E-state index in [1.807, 2.05) is 0 Å². The van der Waals surface area contributed by atoms with Crippen molar-refractivity contribution >= 4 is 0 Å². The first-order valence-corrected chi connectivity index (χ1v) is 3.18. The Morgan fingerprint density at radius 3 is 2.67 bits per heavy atom. The number of hydrogen-bond acceptors (Lipinski definition) is 4. The summed E-state index contributed by atoms with van der Waals surface area (Å²) in [6, 6.07) is 0.0833. The fourth-order valence-electron chi connectivity index (χ4n) is 0.703. The van der Waals surface area contributed by atoms with Gasteiger partial charge in [0.2, 0.25) is 0 Å². The van der Waals surface area contributed by atoms with E-state index >= 15 is 0 Å². The van der Waals surface area contributed by atoms with Crippen LogP contribution in [0, 0.1) is 0 Å². The van der Waals surface area contributed by atoms with Gasteiger partial charge in [-0.2, -0.15) is 0 Å². The Kier molecular flexibility index (Phi) is 5.86. The van der Waals surface area contributed by atoms with Crippen molar-refractivity contribution < 1.29 is 5.21 Å². The van der Waals surface area contributed by atoms with E-state index in [1.165, 1.54) is 0 Å². The van der Waals surface area contributed by atoms with Gasteiger partial charge >= 0.3 is 0 Å². The Bertz CT molecular complexity index is 54.2. The zero-order chi connectivity index (χ0) is 7.11. The predicted octanol–water partition coefficient (Wildman–Crippen LogP) is -0.403. The highest BCUT2D eigenvalue weighted by molar-refractivity contribution is 4.61. The minimum Gasteiger partial charge on any atom is -0.316 e. The van der Waals surface area contributed by atoms with Gasteiger partial charge in [-0.15, -0.1) is 0 Å². The molecule has 0 bridgehead atoms. The average Bonchev–Trinajstić information content (AvgIpc) is 1.88. The first-order chi connectivity index (χ1) is 4.35. The predicted molar refractivity (Wildman–Crippen MR) is 35.8 cm³/mol. The maximum atomic E-state index is 8.44. The summed E-state index contributed by atoms with van der Waals surface area (Å²) in [4.78, 5) is 0. The van der Waals surface area contributed by atoms with Crippen molar-refractivity contribution in [1.82, 2.24) is 10.9 Å². The van der Waals surface area contributed by atoms with Gasteiger partial charge in [-0.05, 0) is 6.42 Å². The molecule has 0 aliphatic rings. The number of nitrogens with two attached hydrogens (primary N) is 1. The molecule has 0 heterocycles. The summed E-state index contributed by atoms with van der Waals surface area (Å²) in [6.07, 6.45) is 1.97. The van der Waals surface area contributed by atoms with Gasteiger partial charge in [0.15, 0.2) is 0 Å². The standard InChI is InChI=1S/C5H15N3O/c1-2-3-5(8-9)4-7-6/h5,7-9H,2-4,6H2,1H3. The van der Waals surface area contributed by atoms with Gasteiger partial charge in [0.05, 0.1) is 0 Å². The number of nitrogens with one attached hydrogen (secondary N) is 2. The summed E-state index contributed by atoms with van der Waals surface area (Å²) in [5.41, 5.74) is 4.64. The van der Waals surface area contributed by atoms with Gasteiger partial charge in [0.25, 0.3) is 0 Å². The van der Waals surface area contributed by atoms with Gasteiger partial charge in [0, 0.05) is 12.6 Å². The second kappa shape index (κ2) is 5.97. The molecule has 0 fully saturated rings. The van der Waals surface area contributed by atoms with Crippen molar-refractivity contribution in [3.63, 3.8) is 0 Å². The van der Waals surface area contributed by atoms with Crippen LogP contribution in [0.5, 0.6) is 0 Å². The van der Waals surface area contributed by atoms with Gasteiger partial charge < -0.3 is 5.21 Å². The van der Waals surface area contributed by atoms with Crippen molar-refractivity contribution in [1.29, 1.82) is 0 Å². The summed E-state index contributed by atoms with van der Waals surface area (Å²) < 4.78 is 0. The third-order valence-corrected chi connectivity index (χ3v) is 1.18. The monoisotopic (exact) mass is 133 g/mol. The van der Waals surface area contributed by atoms with Crippen LogP contribution < -0.4 is 16.7 Å². The lowest BCUT2D eigenvalue weighted by Gasteiger charge is -2.11. The average molecular weight is 133 g/mol. The number of hydrazine groups is 1. The fraction of sp³-hybridized carbons (Fsp3) is 1.00. The molecule has 0 spiro atoms. The molecule has 5 N–H and O–H groups in total. The molecule has 1 atom stereocenters. The summed E-state index contributed by atoms with van der Waals surface area (Å²) in [5, 5.41) is 8.44. The molecule has 9 heavy (non-hydrogen) atoms. The van der Waals surface area contributed by atoms with E-state index in [0.717, 1.165) is 12.8 Å². The summed E-state index contributed by atoms with van der Waals surface area (Å²) in [6.45, 7) is 2.66. The molecule has 4 nitrogen and oxygen atoms in total. The van der Waals surface area contributed by atoms with Crippen LogP contribution in [0.3, 0.4) is 0 Å². The lowest BCUT2D eigenvalue weighted by Crippen LogP contribution is -2.39. The maximum Gasteiger partial charge on any atom is 0.0458 e. The first kappa shape index (κ1) is 8.84. The van der Waals surface area contributed by atoms with Crippen LogP contribution in [0.4, 0.5) is 0 Å². The molecule has 56 valence electrons. The molecule has 1 unspecified atom stereocenters. The molecule has 0 saturated heterocycles. The first-order valence-electron chi connectivity index (χ1n) is 3.18.